The van der Waals surface area contributed by atoms with E-state index in [4.69, 9.17) is 0 Å². The van der Waals surface area contributed by atoms with Crippen LogP contribution in [0.5, 0.6) is 0 Å². The van der Waals surface area contributed by atoms with E-state index >= 15 is 0 Å². The van der Waals surface area contributed by atoms with Crippen molar-refractivity contribution in [1.29, 1.82) is 0 Å². The fourth-order valence-electron chi connectivity index (χ4n) is 3.47. The van der Waals surface area contributed by atoms with Crippen molar-refractivity contribution in [1.82, 2.24) is 10.6 Å². The van der Waals surface area contributed by atoms with Crippen LogP contribution >= 0.6 is 24.8 Å². The van der Waals surface area contributed by atoms with Crippen LogP contribution in [-0.2, 0) is 0 Å². The van der Waals surface area contributed by atoms with Crippen LogP contribution < -0.4 is 10.6 Å². The van der Waals surface area contributed by atoms with Gasteiger partial charge < -0.3 is 10.6 Å². The summed E-state index contributed by atoms with van der Waals surface area (Å²) in [6, 6.07) is 0. The highest BCUT2D eigenvalue weighted by atomic mass is 35.5. The van der Waals surface area contributed by atoms with Crippen LogP contribution in [0.1, 0.15) is 45.4 Å². The maximum Gasteiger partial charge on any atom is -0.00463 e. The van der Waals surface area contributed by atoms with Crippen LogP contribution in [0.15, 0.2) is 0 Å². The van der Waals surface area contributed by atoms with Crippen LogP contribution in [0.4, 0.5) is 0 Å². The average Bonchev–Trinajstić information content (AvgIpc) is 2.31. The molecule has 0 aromatic heterocycles. The zero-order chi connectivity index (χ0) is 11.2. The Labute approximate surface area is 125 Å². The van der Waals surface area contributed by atoms with Gasteiger partial charge in [0.05, 0.1) is 0 Å². The highest BCUT2D eigenvalue weighted by molar-refractivity contribution is 5.85. The van der Waals surface area contributed by atoms with Gasteiger partial charge in [0.1, 0.15) is 0 Å². The van der Waals surface area contributed by atoms with E-state index in [1.807, 2.05) is 0 Å². The molecule has 2 nitrogen and oxygen atoms in total. The lowest BCUT2D eigenvalue weighted by molar-refractivity contribution is 0.252. The minimum atomic E-state index is 0. The van der Waals surface area contributed by atoms with E-state index in [9.17, 15) is 0 Å². The monoisotopic (exact) mass is 296 g/mol. The van der Waals surface area contributed by atoms with Crippen molar-refractivity contribution in [3.8, 4) is 0 Å². The lowest BCUT2D eigenvalue weighted by Gasteiger charge is -2.29. The number of piperidine rings is 2. The predicted octanol–water partition coefficient (Wildman–Crippen LogP) is 3.25. The molecular formula is C14H30Cl2N2. The minimum Gasteiger partial charge on any atom is -0.317 e. The van der Waals surface area contributed by atoms with E-state index in [1.54, 1.807) is 0 Å². The van der Waals surface area contributed by atoms with Gasteiger partial charge in [0.15, 0.2) is 0 Å². The van der Waals surface area contributed by atoms with Gasteiger partial charge in [0, 0.05) is 0 Å². The Morgan fingerprint density at radius 3 is 1.44 bits per heavy atom. The largest absolute Gasteiger partial charge is 0.317 e. The molecule has 2 fully saturated rings. The summed E-state index contributed by atoms with van der Waals surface area (Å²) in [5.74, 6) is 2.97. The molecule has 0 unspecified atom stereocenters. The second kappa shape index (κ2) is 10.3. The van der Waals surface area contributed by atoms with Gasteiger partial charge in [0.2, 0.25) is 0 Å². The topological polar surface area (TPSA) is 24.1 Å². The first-order valence-electron chi connectivity index (χ1n) is 7.26. The van der Waals surface area contributed by atoms with Gasteiger partial charge in [0.25, 0.3) is 0 Å². The Bertz CT molecular complexity index is 170. The predicted molar refractivity (Wildman–Crippen MR) is 84.1 cm³/mol. The number of hydrogen-bond acceptors (Lipinski definition) is 2. The summed E-state index contributed by atoms with van der Waals surface area (Å²) in [6.07, 6.45) is 8.61. The highest BCUT2D eigenvalue weighted by Gasteiger charge is 2.20. The van der Waals surface area contributed by atoms with Crippen LogP contribution in [-0.4, -0.2) is 26.2 Å². The van der Waals surface area contributed by atoms with Crippen molar-refractivity contribution in [3.63, 3.8) is 0 Å². The smallest absolute Gasteiger partial charge is 0.00463 e. The fourth-order valence-corrected chi connectivity index (χ4v) is 3.47. The molecule has 0 atom stereocenters. The first-order valence-corrected chi connectivity index (χ1v) is 7.26. The third-order valence-corrected chi connectivity index (χ3v) is 4.39. The van der Waals surface area contributed by atoms with Gasteiger partial charge in [-0.2, -0.15) is 0 Å². The molecule has 0 amide bonds. The molecule has 0 bridgehead atoms. The summed E-state index contributed by atoms with van der Waals surface area (Å²) in [7, 11) is 0. The third kappa shape index (κ3) is 6.60. The molecule has 0 aliphatic carbocycles. The van der Waals surface area contributed by atoms with Crippen molar-refractivity contribution >= 4 is 24.8 Å². The molecule has 4 heteroatoms. The summed E-state index contributed by atoms with van der Waals surface area (Å²) in [4.78, 5) is 0. The molecule has 2 N–H and O–H groups in total. The Morgan fingerprint density at radius 1 is 0.778 bits per heavy atom. The molecule has 2 aliphatic heterocycles. The molecule has 2 aliphatic rings. The van der Waals surface area contributed by atoms with E-state index in [1.165, 1.54) is 64.7 Å². The molecule has 0 radical (unpaired) electrons. The van der Waals surface area contributed by atoms with E-state index in [0.29, 0.717) is 0 Å². The van der Waals surface area contributed by atoms with E-state index in [2.05, 4.69) is 17.6 Å². The second-order valence-corrected chi connectivity index (χ2v) is 5.96. The maximum atomic E-state index is 3.46. The quantitative estimate of drug-likeness (QED) is 0.832. The zero-order valence-corrected chi connectivity index (χ0v) is 13.3. The molecule has 2 saturated heterocycles. The lowest BCUT2D eigenvalue weighted by Crippen LogP contribution is -2.30. The van der Waals surface area contributed by atoms with E-state index < -0.39 is 0 Å². The van der Waals surface area contributed by atoms with Crippen LogP contribution in [0.2, 0.25) is 0 Å². The average molecular weight is 297 g/mol. The highest BCUT2D eigenvalue weighted by Crippen LogP contribution is 2.28. The molecule has 0 saturated carbocycles. The SMILES string of the molecule is CC(CC1CCNCC1)CC1CCNCC1.Cl.Cl. The van der Waals surface area contributed by atoms with E-state index in [0.717, 1.165) is 17.8 Å². The molecule has 0 aromatic rings. The van der Waals surface area contributed by atoms with Gasteiger partial charge in [-0.3, -0.25) is 0 Å². The summed E-state index contributed by atoms with van der Waals surface area (Å²) in [5, 5.41) is 6.92. The molecule has 2 heterocycles. The van der Waals surface area contributed by atoms with Gasteiger partial charge in [-0.15, -0.1) is 24.8 Å². The number of halogens is 2. The van der Waals surface area contributed by atoms with Gasteiger partial charge in [-0.05, 0) is 82.5 Å². The normalized spacial score (nSPS) is 22.3. The zero-order valence-electron chi connectivity index (χ0n) is 11.6. The molecule has 0 aromatic carbocycles. The van der Waals surface area contributed by atoms with Crippen molar-refractivity contribution in [2.24, 2.45) is 17.8 Å². The lowest BCUT2D eigenvalue weighted by atomic mass is 9.82. The molecule has 18 heavy (non-hydrogen) atoms. The number of rotatable bonds is 4. The van der Waals surface area contributed by atoms with Crippen molar-refractivity contribution < 1.29 is 0 Å². The van der Waals surface area contributed by atoms with Gasteiger partial charge in [-0.1, -0.05) is 6.92 Å². The summed E-state index contributed by atoms with van der Waals surface area (Å²) in [5.41, 5.74) is 0. The Morgan fingerprint density at radius 2 is 1.11 bits per heavy atom. The van der Waals surface area contributed by atoms with Crippen LogP contribution in [0.3, 0.4) is 0 Å². The number of hydrogen-bond donors (Lipinski definition) is 2. The Balaban J connectivity index is 0.00000144. The fraction of sp³-hybridized carbons (Fsp3) is 1.00. The van der Waals surface area contributed by atoms with Crippen molar-refractivity contribution in [2.45, 2.75) is 45.4 Å². The standard InChI is InChI=1S/C14H28N2.2ClH/c1-12(10-13-2-6-15-7-3-13)11-14-4-8-16-9-5-14;;/h12-16H,2-11H2,1H3;2*1H. The first kappa shape index (κ1) is 18.5. The molecule has 0 spiro atoms. The second-order valence-electron chi connectivity index (χ2n) is 5.96. The molecule has 110 valence electrons. The van der Waals surface area contributed by atoms with E-state index in [-0.39, 0.29) is 24.8 Å². The van der Waals surface area contributed by atoms with Crippen molar-refractivity contribution in [3.05, 3.63) is 0 Å². The van der Waals surface area contributed by atoms with Crippen LogP contribution in [0.25, 0.3) is 0 Å². The van der Waals surface area contributed by atoms with Crippen LogP contribution in [0, 0.1) is 17.8 Å². The molecule has 2 rings (SSSR count). The Hall–Kier alpha value is 0.500. The summed E-state index contributed by atoms with van der Waals surface area (Å²) >= 11 is 0. The molecular weight excluding hydrogens is 267 g/mol. The van der Waals surface area contributed by atoms with Crippen molar-refractivity contribution in [2.75, 3.05) is 26.2 Å². The van der Waals surface area contributed by atoms with Gasteiger partial charge >= 0.3 is 0 Å². The summed E-state index contributed by atoms with van der Waals surface area (Å²) < 4.78 is 0. The Kier molecular flexibility index (Phi) is 10.6. The first-order chi connectivity index (χ1) is 7.84. The summed E-state index contributed by atoms with van der Waals surface area (Å²) in [6.45, 7) is 7.50. The number of nitrogens with one attached hydrogen (secondary N) is 2. The third-order valence-electron chi connectivity index (χ3n) is 4.39. The van der Waals surface area contributed by atoms with Gasteiger partial charge in [-0.25, -0.2) is 0 Å². The minimum absolute atomic E-state index is 0. The maximum absolute atomic E-state index is 3.46.